The molecule has 0 unspecified atom stereocenters. The molecule has 0 saturated heterocycles. The van der Waals surface area contributed by atoms with E-state index in [2.05, 4.69) is 23.3 Å². The van der Waals surface area contributed by atoms with E-state index in [1.165, 1.54) is 0 Å². The Labute approximate surface area is 78.0 Å². The number of nitrogens with two attached hydrogens (primary N) is 1. The fourth-order valence-electron chi connectivity index (χ4n) is 0.796. The molecule has 0 spiro atoms. The lowest BCUT2D eigenvalue weighted by atomic mass is 10.2. The van der Waals surface area contributed by atoms with Gasteiger partial charge in [0.1, 0.15) is 5.75 Å². The molecule has 1 aromatic rings. The van der Waals surface area contributed by atoms with Crippen molar-refractivity contribution in [1.29, 1.82) is 0 Å². The van der Waals surface area contributed by atoms with E-state index in [1.807, 2.05) is 19.1 Å². The quantitative estimate of drug-likeness (QED) is 0.519. The van der Waals surface area contributed by atoms with Crippen molar-refractivity contribution in [3.05, 3.63) is 42.0 Å². The van der Waals surface area contributed by atoms with Gasteiger partial charge < -0.3 is 4.84 Å². The molecule has 0 bridgehead atoms. The summed E-state index contributed by atoms with van der Waals surface area (Å²) in [7, 11) is 0. The van der Waals surface area contributed by atoms with E-state index >= 15 is 0 Å². The number of rotatable bonds is 1. The van der Waals surface area contributed by atoms with Crippen LogP contribution < -0.4 is 10.7 Å². The highest BCUT2D eigenvalue weighted by atomic mass is 16.6. The normalized spacial score (nSPS) is 8.46. The predicted octanol–water partition coefficient (Wildman–Crippen LogP) is 1.87. The monoisotopic (exact) mass is 173 g/mol. The van der Waals surface area contributed by atoms with Gasteiger partial charge in [-0.05, 0) is 36.8 Å². The molecule has 0 saturated carbocycles. The number of allylic oxidation sites excluding steroid dienone is 1. The Hall–Kier alpha value is -1.72. The van der Waals surface area contributed by atoms with Crippen LogP contribution in [0.3, 0.4) is 0 Å². The predicted molar refractivity (Wildman–Crippen MR) is 52.9 cm³/mol. The maximum Gasteiger partial charge on any atom is 0.146 e. The second-order valence-corrected chi connectivity index (χ2v) is 2.67. The molecular formula is C11H11NO. The van der Waals surface area contributed by atoms with Crippen molar-refractivity contribution in [2.24, 2.45) is 5.90 Å². The van der Waals surface area contributed by atoms with E-state index in [1.54, 1.807) is 12.1 Å². The Morgan fingerprint density at radius 1 is 1.38 bits per heavy atom. The number of hydrogen-bond donors (Lipinski definition) is 1. The molecule has 0 amide bonds. The summed E-state index contributed by atoms with van der Waals surface area (Å²) in [5, 5.41) is 0. The van der Waals surface area contributed by atoms with Gasteiger partial charge in [0.2, 0.25) is 0 Å². The molecule has 2 N–H and O–H groups in total. The molecule has 0 aliphatic heterocycles. The zero-order valence-corrected chi connectivity index (χ0v) is 7.50. The maximum atomic E-state index is 4.97. The summed E-state index contributed by atoms with van der Waals surface area (Å²) in [5.41, 5.74) is 1.77. The third kappa shape index (κ3) is 3.02. The first-order valence-corrected chi connectivity index (χ1v) is 3.86. The summed E-state index contributed by atoms with van der Waals surface area (Å²) in [6.07, 6.45) is 0. The van der Waals surface area contributed by atoms with Gasteiger partial charge in [0.25, 0.3) is 0 Å². The molecule has 1 rings (SSSR count). The van der Waals surface area contributed by atoms with Gasteiger partial charge in [-0.3, -0.25) is 0 Å². The Morgan fingerprint density at radius 3 is 2.46 bits per heavy atom. The first-order chi connectivity index (χ1) is 6.22. The molecule has 13 heavy (non-hydrogen) atoms. The molecule has 0 aromatic heterocycles. The summed E-state index contributed by atoms with van der Waals surface area (Å²) < 4.78 is 0. The van der Waals surface area contributed by atoms with Crippen LogP contribution in [0.2, 0.25) is 0 Å². The molecule has 0 aliphatic rings. The van der Waals surface area contributed by atoms with E-state index in [0.29, 0.717) is 5.75 Å². The number of benzene rings is 1. The highest BCUT2D eigenvalue weighted by molar-refractivity contribution is 5.41. The third-order valence-electron chi connectivity index (χ3n) is 1.41. The molecule has 0 radical (unpaired) electrons. The van der Waals surface area contributed by atoms with Gasteiger partial charge in [0.15, 0.2) is 0 Å². The molecule has 2 nitrogen and oxygen atoms in total. The van der Waals surface area contributed by atoms with Crippen LogP contribution in [-0.4, -0.2) is 0 Å². The Kier molecular flexibility index (Phi) is 3.13. The molecule has 0 atom stereocenters. The fourth-order valence-corrected chi connectivity index (χ4v) is 0.796. The summed E-state index contributed by atoms with van der Waals surface area (Å²) in [6, 6.07) is 7.22. The molecular weight excluding hydrogens is 162 g/mol. The Morgan fingerprint density at radius 2 is 2.00 bits per heavy atom. The van der Waals surface area contributed by atoms with E-state index in [0.717, 1.165) is 11.1 Å². The highest BCUT2D eigenvalue weighted by Crippen LogP contribution is 2.09. The lowest BCUT2D eigenvalue weighted by Gasteiger charge is -1.96. The third-order valence-corrected chi connectivity index (χ3v) is 1.41. The standard InChI is InChI=1S/C11H11NO/c1-9(2)3-4-10-5-7-11(13-12)8-6-10/h5-8H,1,12H2,2H3. The van der Waals surface area contributed by atoms with Crippen LogP contribution in [0.4, 0.5) is 0 Å². The summed E-state index contributed by atoms with van der Waals surface area (Å²) >= 11 is 0. The molecule has 2 heteroatoms. The Balaban J connectivity index is 2.83. The van der Waals surface area contributed by atoms with Crippen molar-refractivity contribution in [2.75, 3.05) is 0 Å². The molecule has 0 fully saturated rings. The first-order valence-electron chi connectivity index (χ1n) is 3.86. The largest absolute Gasteiger partial charge is 0.412 e. The minimum Gasteiger partial charge on any atom is -0.412 e. The van der Waals surface area contributed by atoms with E-state index < -0.39 is 0 Å². The smallest absolute Gasteiger partial charge is 0.146 e. The SMILES string of the molecule is C=C(C)C#Cc1ccc(ON)cc1. The molecule has 0 heterocycles. The first kappa shape index (κ1) is 9.37. The molecule has 1 aromatic carbocycles. The minimum absolute atomic E-state index is 0.626. The van der Waals surface area contributed by atoms with Crippen LogP contribution in [0.5, 0.6) is 5.75 Å². The van der Waals surface area contributed by atoms with Crippen LogP contribution >= 0.6 is 0 Å². The zero-order chi connectivity index (χ0) is 9.68. The lowest BCUT2D eigenvalue weighted by Crippen LogP contribution is -2.01. The van der Waals surface area contributed by atoms with Crippen molar-refractivity contribution in [3.63, 3.8) is 0 Å². The zero-order valence-electron chi connectivity index (χ0n) is 7.50. The van der Waals surface area contributed by atoms with Gasteiger partial charge in [-0.25, -0.2) is 0 Å². The summed E-state index contributed by atoms with van der Waals surface area (Å²) in [4.78, 5) is 4.53. The minimum atomic E-state index is 0.626. The number of hydrogen-bond acceptors (Lipinski definition) is 2. The van der Waals surface area contributed by atoms with Gasteiger partial charge in [0, 0.05) is 5.56 Å². The van der Waals surface area contributed by atoms with Crippen molar-refractivity contribution >= 4 is 0 Å². The summed E-state index contributed by atoms with van der Waals surface area (Å²) in [6.45, 7) is 5.55. The summed E-state index contributed by atoms with van der Waals surface area (Å²) in [5.74, 6) is 11.4. The molecule has 0 aliphatic carbocycles. The van der Waals surface area contributed by atoms with Crippen LogP contribution in [-0.2, 0) is 0 Å². The van der Waals surface area contributed by atoms with Crippen molar-refractivity contribution < 1.29 is 4.84 Å². The van der Waals surface area contributed by atoms with Crippen LogP contribution in [0.25, 0.3) is 0 Å². The fraction of sp³-hybridized carbons (Fsp3) is 0.0909. The second kappa shape index (κ2) is 4.34. The van der Waals surface area contributed by atoms with Crippen LogP contribution in [0.15, 0.2) is 36.4 Å². The Bertz CT molecular complexity index is 354. The van der Waals surface area contributed by atoms with Gasteiger partial charge in [0.05, 0.1) is 0 Å². The molecule has 66 valence electrons. The average molecular weight is 173 g/mol. The topological polar surface area (TPSA) is 35.2 Å². The lowest BCUT2D eigenvalue weighted by molar-refractivity contribution is 0.334. The van der Waals surface area contributed by atoms with Gasteiger partial charge >= 0.3 is 0 Å². The maximum absolute atomic E-state index is 4.97. The average Bonchev–Trinajstić information content (AvgIpc) is 2.15. The van der Waals surface area contributed by atoms with Crippen LogP contribution in [0.1, 0.15) is 12.5 Å². The van der Waals surface area contributed by atoms with Crippen LogP contribution in [0, 0.1) is 11.8 Å². The van der Waals surface area contributed by atoms with Gasteiger partial charge in [-0.1, -0.05) is 18.4 Å². The van der Waals surface area contributed by atoms with Gasteiger partial charge in [-0.15, -0.1) is 0 Å². The van der Waals surface area contributed by atoms with Crippen molar-refractivity contribution in [1.82, 2.24) is 0 Å². The van der Waals surface area contributed by atoms with Crippen molar-refractivity contribution in [2.45, 2.75) is 6.92 Å². The highest BCUT2D eigenvalue weighted by Gasteiger charge is 1.89. The van der Waals surface area contributed by atoms with Gasteiger partial charge in [-0.2, -0.15) is 5.90 Å². The van der Waals surface area contributed by atoms with E-state index in [9.17, 15) is 0 Å². The second-order valence-electron chi connectivity index (χ2n) is 2.67. The van der Waals surface area contributed by atoms with E-state index in [4.69, 9.17) is 5.90 Å². The van der Waals surface area contributed by atoms with Crippen molar-refractivity contribution in [3.8, 4) is 17.6 Å². The van der Waals surface area contributed by atoms with E-state index in [-0.39, 0.29) is 0 Å².